The molecule has 1 saturated heterocycles. The van der Waals surface area contributed by atoms with Crippen LogP contribution in [0.15, 0.2) is 41.3 Å². The third kappa shape index (κ3) is 4.64. The molecule has 3 aromatic rings. The lowest BCUT2D eigenvalue weighted by Gasteiger charge is -2.37. The fourth-order valence-electron chi connectivity index (χ4n) is 4.95. The monoisotopic (exact) mass is 507 g/mol. The molecule has 2 aliphatic rings. The Balaban J connectivity index is 1.48. The molecule has 0 unspecified atom stereocenters. The van der Waals surface area contributed by atoms with Crippen molar-refractivity contribution in [3.05, 3.63) is 63.7 Å². The van der Waals surface area contributed by atoms with Gasteiger partial charge in [0.2, 0.25) is 5.43 Å². The number of ether oxygens (including phenoxy) is 1. The van der Waals surface area contributed by atoms with Crippen LogP contribution in [0.1, 0.15) is 49.7 Å². The first-order valence-corrected chi connectivity index (χ1v) is 12.7. The van der Waals surface area contributed by atoms with E-state index in [0.29, 0.717) is 42.3 Å². The number of rotatable bonds is 4. The Bertz CT molecular complexity index is 1400. The number of carbonyl (C=O) groups excluding carboxylic acids is 1. The van der Waals surface area contributed by atoms with E-state index < -0.39 is 17.2 Å². The van der Waals surface area contributed by atoms with Crippen LogP contribution in [0.2, 0.25) is 0 Å². The van der Waals surface area contributed by atoms with E-state index in [4.69, 9.17) is 4.74 Å². The van der Waals surface area contributed by atoms with Gasteiger partial charge in [-0.1, -0.05) is 32.9 Å². The van der Waals surface area contributed by atoms with Crippen LogP contribution in [0.3, 0.4) is 0 Å². The molecule has 0 radical (unpaired) electrons. The van der Waals surface area contributed by atoms with E-state index in [9.17, 15) is 9.59 Å². The largest absolute Gasteiger partial charge is 0.487 e. The Morgan fingerprint density at radius 2 is 1.78 bits per heavy atom. The van der Waals surface area contributed by atoms with Crippen LogP contribution in [0.5, 0.6) is 5.75 Å². The van der Waals surface area contributed by atoms with Gasteiger partial charge in [-0.15, -0.1) is 0 Å². The molecule has 0 aliphatic carbocycles. The number of pyridine rings is 1. The summed E-state index contributed by atoms with van der Waals surface area (Å²) in [6.07, 6.45) is 1.56. The van der Waals surface area contributed by atoms with Crippen molar-refractivity contribution in [1.82, 2.24) is 14.9 Å². The zero-order chi connectivity index (χ0) is 26.5. The number of benzene rings is 2. The van der Waals surface area contributed by atoms with E-state index in [-0.39, 0.29) is 22.4 Å². The molecule has 3 heterocycles. The third-order valence-corrected chi connectivity index (χ3v) is 7.28. The molecule has 2 N–H and O–H groups in total. The van der Waals surface area contributed by atoms with E-state index in [1.54, 1.807) is 6.20 Å². The number of likely N-dealkylation sites (N-methyl/N-ethyl adjacent to an activating group) is 1. The lowest BCUT2D eigenvalue weighted by molar-refractivity contribution is 0.0960. The van der Waals surface area contributed by atoms with Gasteiger partial charge >= 0.3 is 0 Å². The Kier molecular flexibility index (Phi) is 6.35. The highest BCUT2D eigenvalue weighted by Crippen LogP contribution is 2.42. The average Bonchev–Trinajstić information content (AvgIpc) is 2.86. The van der Waals surface area contributed by atoms with Crippen LogP contribution >= 0.6 is 0 Å². The molecule has 1 aromatic heterocycles. The summed E-state index contributed by atoms with van der Waals surface area (Å²) in [7, 11) is 2.04. The van der Waals surface area contributed by atoms with Gasteiger partial charge in [0, 0.05) is 32.4 Å². The number of aromatic nitrogens is 1. The number of piperazine rings is 1. The number of anilines is 2. The van der Waals surface area contributed by atoms with Gasteiger partial charge in [-0.05, 0) is 43.1 Å². The standard InChI is InChI=1S/C28H34FN5O3/c1-17-16-37-26-23-20(14-22(29)24(26)33-12-10-32(5)11-13-33)25(35)21(15-34(17)23)27(36)31-30-19-8-6-18(7-9-19)28(2,3)4/h6-9,14-15,17,30H,10-13,16H2,1-5H3,(H,31,36)/t17-/m0/s1. The van der Waals surface area contributed by atoms with Crippen molar-refractivity contribution in [2.24, 2.45) is 0 Å². The van der Waals surface area contributed by atoms with Crippen molar-refractivity contribution in [1.29, 1.82) is 0 Å². The van der Waals surface area contributed by atoms with Crippen molar-refractivity contribution in [3.63, 3.8) is 0 Å². The Morgan fingerprint density at radius 1 is 1.11 bits per heavy atom. The van der Waals surface area contributed by atoms with Gasteiger partial charge in [0.1, 0.15) is 17.9 Å². The predicted molar refractivity (Wildman–Crippen MR) is 144 cm³/mol. The Labute approximate surface area is 216 Å². The molecule has 1 amide bonds. The van der Waals surface area contributed by atoms with Crippen molar-refractivity contribution in [2.75, 3.05) is 50.2 Å². The average molecular weight is 508 g/mol. The summed E-state index contributed by atoms with van der Waals surface area (Å²) in [6, 6.07) is 8.85. The summed E-state index contributed by atoms with van der Waals surface area (Å²) in [5.41, 5.74) is 7.70. The number of carbonyl (C=O) groups is 1. The number of halogens is 1. The maximum absolute atomic E-state index is 15.5. The quantitative estimate of drug-likeness (QED) is 0.522. The van der Waals surface area contributed by atoms with Crippen LogP contribution in [0.4, 0.5) is 15.8 Å². The minimum atomic E-state index is -0.584. The van der Waals surface area contributed by atoms with Crippen molar-refractivity contribution >= 4 is 28.2 Å². The molecule has 196 valence electrons. The van der Waals surface area contributed by atoms with Crippen LogP contribution in [0.25, 0.3) is 10.9 Å². The Hall–Kier alpha value is -3.59. The van der Waals surface area contributed by atoms with E-state index in [0.717, 1.165) is 13.1 Å². The SMILES string of the molecule is C[C@H]1COc2c(N3CCN(C)CC3)c(F)cc3c(=O)c(C(=O)NNc4ccc(C(C)(C)C)cc4)cn1c23. The number of hydrogen-bond donors (Lipinski definition) is 2. The van der Waals surface area contributed by atoms with Gasteiger partial charge in [-0.25, -0.2) is 4.39 Å². The first kappa shape index (κ1) is 25.1. The summed E-state index contributed by atoms with van der Waals surface area (Å²) in [4.78, 5) is 30.7. The fourth-order valence-corrected chi connectivity index (χ4v) is 4.95. The molecule has 37 heavy (non-hydrogen) atoms. The minimum absolute atomic E-state index is 0.0156. The normalized spacial score (nSPS) is 18.0. The molecule has 2 aliphatic heterocycles. The lowest BCUT2D eigenvalue weighted by Crippen LogP contribution is -2.45. The van der Waals surface area contributed by atoms with Crippen molar-refractivity contribution < 1.29 is 13.9 Å². The van der Waals surface area contributed by atoms with E-state index in [1.165, 1.54) is 11.6 Å². The summed E-state index contributed by atoms with van der Waals surface area (Å²) in [5, 5.41) is 0.138. The molecule has 0 saturated carbocycles. The molecule has 1 atom stereocenters. The predicted octanol–water partition coefficient (Wildman–Crippen LogP) is 3.90. The number of hydrogen-bond acceptors (Lipinski definition) is 6. The second-order valence-electron chi connectivity index (χ2n) is 11.1. The topological polar surface area (TPSA) is 78.8 Å². The van der Waals surface area contributed by atoms with Gasteiger partial charge in [0.25, 0.3) is 5.91 Å². The first-order chi connectivity index (χ1) is 17.5. The van der Waals surface area contributed by atoms with Gasteiger partial charge in [0.15, 0.2) is 11.6 Å². The summed E-state index contributed by atoms with van der Waals surface area (Å²) in [6.45, 7) is 11.6. The van der Waals surface area contributed by atoms with Crippen molar-refractivity contribution in [2.45, 2.75) is 39.2 Å². The maximum atomic E-state index is 15.5. The fraction of sp³-hybridized carbons (Fsp3) is 0.429. The number of amides is 1. The minimum Gasteiger partial charge on any atom is -0.487 e. The molecule has 9 heteroatoms. The number of nitrogens with one attached hydrogen (secondary N) is 2. The number of nitrogens with zero attached hydrogens (tertiary/aromatic N) is 3. The van der Waals surface area contributed by atoms with Gasteiger partial charge in [0.05, 0.1) is 22.6 Å². The van der Waals surface area contributed by atoms with E-state index >= 15 is 4.39 Å². The highest BCUT2D eigenvalue weighted by molar-refractivity contribution is 6.00. The van der Waals surface area contributed by atoms with E-state index in [2.05, 4.69) is 36.5 Å². The van der Waals surface area contributed by atoms with Crippen molar-refractivity contribution in [3.8, 4) is 5.75 Å². The first-order valence-electron chi connectivity index (χ1n) is 12.7. The van der Waals surface area contributed by atoms with Gasteiger partial charge in [-0.2, -0.15) is 0 Å². The second-order valence-corrected chi connectivity index (χ2v) is 11.1. The third-order valence-electron chi connectivity index (χ3n) is 7.28. The molecular weight excluding hydrogens is 473 g/mol. The molecule has 0 spiro atoms. The second kappa shape index (κ2) is 9.37. The van der Waals surface area contributed by atoms with E-state index in [1.807, 2.05) is 47.7 Å². The molecule has 2 aromatic carbocycles. The zero-order valence-corrected chi connectivity index (χ0v) is 22.0. The van der Waals surface area contributed by atoms with Crippen LogP contribution in [-0.4, -0.2) is 55.2 Å². The molecule has 0 bridgehead atoms. The molecular formula is C28H34FN5O3. The van der Waals surface area contributed by atoms with Gasteiger partial charge < -0.3 is 19.1 Å². The van der Waals surface area contributed by atoms with Crippen LogP contribution in [0, 0.1) is 5.82 Å². The lowest BCUT2D eigenvalue weighted by atomic mass is 9.87. The highest BCUT2D eigenvalue weighted by atomic mass is 19.1. The summed E-state index contributed by atoms with van der Waals surface area (Å²) >= 11 is 0. The molecule has 1 fully saturated rings. The summed E-state index contributed by atoms with van der Waals surface area (Å²) < 4.78 is 23.4. The van der Waals surface area contributed by atoms with Gasteiger partial charge in [-0.3, -0.25) is 20.4 Å². The smallest absolute Gasteiger partial charge is 0.275 e. The number of hydrazine groups is 1. The maximum Gasteiger partial charge on any atom is 0.275 e. The molecule has 8 nitrogen and oxygen atoms in total. The highest BCUT2D eigenvalue weighted by Gasteiger charge is 2.31. The van der Waals surface area contributed by atoms with Crippen LogP contribution in [-0.2, 0) is 5.41 Å². The summed E-state index contributed by atoms with van der Waals surface area (Å²) in [5.74, 6) is -0.724. The molecule has 5 rings (SSSR count). The zero-order valence-electron chi connectivity index (χ0n) is 22.0. The van der Waals surface area contributed by atoms with Crippen LogP contribution < -0.4 is 25.9 Å². The Morgan fingerprint density at radius 3 is 2.43 bits per heavy atom.